The second-order valence-corrected chi connectivity index (χ2v) is 13.1. The van der Waals surface area contributed by atoms with Gasteiger partial charge in [-0.25, -0.2) is 0 Å². The molecular formula is C28H50O. The van der Waals surface area contributed by atoms with Crippen molar-refractivity contribution in [3.05, 3.63) is 0 Å². The summed E-state index contributed by atoms with van der Waals surface area (Å²) in [5.74, 6) is 6.92. The lowest BCUT2D eigenvalue weighted by Gasteiger charge is -2.62. The molecule has 0 aromatic heterocycles. The summed E-state index contributed by atoms with van der Waals surface area (Å²) in [6.45, 7) is 15.0. The van der Waals surface area contributed by atoms with Gasteiger partial charge in [-0.1, -0.05) is 60.8 Å². The summed E-state index contributed by atoms with van der Waals surface area (Å²) in [6.07, 6.45) is 15.4. The first kappa shape index (κ1) is 22.2. The van der Waals surface area contributed by atoms with Gasteiger partial charge in [0.15, 0.2) is 0 Å². The Morgan fingerprint density at radius 2 is 1.45 bits per heavy atom. The van der Waals surface area contributed by atoms with E-state index in [2.05, 4.69) is 41.5 Å². The van der Waals surface area contributed by atoms with Gasteiger partial charge >= 0.3 is 0 Å². The van der Waals surface area contributed by atoms with Crippen molar-refractivity contribution in [1.29, 1.82) is 0 Å². The molecule has 10 atom stereocenters. The highest BCUT2D eigenvalue weighted by Gasteiger charge is 2.61. The van der Waals surface area contributed by atoms with E-state index in [0.29, 0.717) is 16.7 Å². The van der Waals surface area contributed by atoms with E-state index < -0.39 is 0 Å². The molecule has 0 aliphatic heterocycles. The molecule has 1 nitrogen and oxygen atoms in total. The summed E-state index contributed by atoms with van der Waals surface area (Å²) in [6, 6.07) is 0. The van der Waals surface area contributed by atoms with Crippen molar-refractivity contribution in [2.45, 2.75) is 118 Å². The van der Waals surface area contributed by atoms with Gasteiger partial charge in [0.2, 0.25) is 0 Å². The maximum atomic E-state index is 10.5. The van der Waals surface area contributed by atoms with Crippen molar-refractivity contribution in [2.24, 2.45) is 58.2 Å². The Morgan fingerprint density at radius 3 is 2.17 bits per heavy atom. The molecule has 0 aromatic carbocycles. The van der Waals surface area contributed by atoms with Gasteiger partial charge in [0.25, 0.3) is 0 Å². The van der Waals surface area contributed by atoms with Crippen LogP contribution in [0.5, 0.6) is 0 Å². The number of aliphatic hydroxyl groups is 1. The number of fused-ring (bicyclic) bond motifs is 5. The molecule has 1 heteroatoms. The predicted octanol–water partition coefficient (Wildman–Crippen LogP) is 7.71. The largest absolute Gasteiger partial charge is 0.393 e. The van der Waals surface area contributed by atoms with Gasteiger partial charge in [-0.2, -0.15) is 0 Å². The van der Waals surface area contributed by atoms with Gasteiger partial charge in [0.05, 0.1) is 6.10 Å². The highest BCUT2D eigenvalue weighted by atomic mass is 16.3. The molecule has 29 heavy (non-hydrogen) atoms. The average Bonchev–Trinajstić information content (AvgIpc) is 3.02. The number of aliphatic hydroxyl groups excluding tert-OH is 1. The molecule has 0 radical (unpaired) electrons. The third kappa shape index (κ3) is 3.64. The first-order chi connectivity index (χ1) is 13.7. The second kappa shape index (κ2) is 8.14. The molecular weight excluding hydrogens is 352 g/mol. The first-order valence-electron chi connectivity index (χ1n) is 13.4. The highest BCUT2D eigenvalue weighted by molar-refractivity contribution is 5.10. The Morgan fingerprint density at radius 1 is 0.793 bits per heavy atom. The Balaban J connectivity index is 1.48. The van der Waals surface area contributed by atoms with Crippen LogP contribution in [0.25, 0.3) is 0 Å². The minimum atomic E-state index is -0.0407. The van der Waals surface area contributed by atoms with E-state index in [-0.39, 0.29) is 6.10 Å². The van der Waals surface area contributed by atoms with Gasteiger partial charge in [0.1, 0.15) is 0 Å². The van der Waals surface area contributed by atoms with E-state index in [1.54, 1.807) is 0 Å². The minimum absolute atomic E-state index is 0.0407. The summed E-state index contributed by atoms with van der Waals surface area (Å²) in [5, 5.41) is 10.5. The molecule has 4 rings (SSSR count). The molecule has 0 spiro atoms. The Hall–Kier alpha value is -0.0400. The van der Waals surface area contributed by atoms with Crippen LogP contribution in [-0.2, 0) is 0 Å². The zero-order valence-corrected chi connectivity index (χ0v) is 20.4. The van der Waals surface area contributed by atoms with E-state index in [9.17, 15) is 5.11 Å². The van der Waals surface area contributed by atoms with E-state index in [0.717, 1.165) is 47.8 Å². The van der Waals surface area contributed by atoms with Crippen LogP contribution in [0.15, 0.2) is 0 Å². The lowest BCUT2D eigenvalue weighted by molar-refractivity contribution is -0.149. The summed E-state index contributed by atoms with van der Waals surface area (Å²) >= 11 is 0. The van der Waals surface area contributed by atoms with Gasteiger partial charge in [-0.3, -0.25) is 0 Å². The van der Waals surface area contributed by atoms with Crippen LogP contribution in [0.1, 0.15) is 112 Å². The van der Waals surface area contributed by atoms with Crippen molar-refractivity contribution < 1.29 is 5.11 Å². The summed E-state index contributed by atoms with van der Waals surface area (Å²) < 4.78 is 0. The minimum Gasteiger partial charge on any atom is -0.393 e. The van der Waals surface area contributed by atoms with Crippen LogP contribution in [0.3, 0.4) is 0 Å². The van der Waals surface area contributed by atoms with Crippen molar-refractivity contribution in [3.63, 3.8) is 0 Å². The normalized spacial score (nSPS) is 50.7. The van der Waals surface area contributed by atoms with Crippen LogP contribution >= 0.6 is 0 Å². The molecule has 168 valence electrons. The molecule has 0 bridgehead atoms. The smallest absolute Gasteiger partial charge is 0.0568 e. The summed E-state index contributed by atoms with van der Waals surface area (Å²) in [7, 11) is 0. The van der Waals surface area contributed by atoms with Crippen molar-refractivity contribution in [3.8, 4) is 0 Å². The maximum absolute atomic E-state index is 10.5. The molecule has 0 aromatic rings. The van der Waals surface area contributed by atoms with Crippen LogP contribution in [-0.4, -0.2) is 11.2 Å². The molecule has 1 N–H and O–H groups in total. The van der Waals surface area contributed by atoms with Crippen LogP contribution in [0.2, 0.25) is 0 Å². The fourth-order valence-corrected chi connectivity index (χ4v) is 9.73. The van der Waals surface area contributed by atoms with E-state index >= 15 is 0 Å². The second-order valence-electron chi connectivity index (χ2n) is 13.1. The molecule has 0 amide bonds. The van der Waals surface area contributed by atoms with Crippen molar-refractivity contribution in [2.75, 3.05) is 0 Å². The fraction of sp³-hybridized carbons (Fsp3) is 1.00. The molecule has 0 saturated heterocycles. The zero-order valence-electron chi connectivity index (χ0n) is 20.4. The number of hydrogen-bond acceptors (Lipinski definition) is 1. The molecule has 0 heterocycles. The topological polar surface area (TPSA) is 20.2 Å². The zero-order chi connectivity index (χ0) is 21.0. The van der Waals surface area contributed by atoms with Crippen molar-refractivity contribution >= 4 is 0 Å². The van der Waals surface area contributed by atoms with Crippen LogP contribution in [0.4, 0.5) is 0 Å². The first-order valence-corrected chi connectivity index (χ1v) is 13.4. The lowest BCUT2D eigenvalue weighted by Crippen LogP contribution is -2.56. The van der Waals surface area contributed by atoms with Gasteiger partial charge < -0.3 is 5.11 Å². The van der Waals surface area contributed by atoms with E-state index in [1.807, 2.05) is 0 Å². The quantitative estimate of drug-likeness (QED) is 0.499. The SMILES string of the molecule is CC(C)CCC[C@H](C)[C@@H]1CC[C@@H]2[C@@H]3CC[C@@H]4[C@H](C)[C@@H](O)CC[C@]4(C)[C@H]3CC[C@@]21C. The number of rotatable bonds is 5. The molecule has 0 unspecified atom stereocenters. The Labute approximate surface area is 181 Å². The average molecular weight is 403 g/mol. The Kier molecular flexibility index (Phi) is 6.22. The third-order valence-electron chi connectivity index (χ3n) is 11.4. The molecule has 4 aliphatic carbocycles. The Bertz CT molecular complexity index is 569. The van der Waals surface area contributed by atoms with Gasteiger partial charge in [-0.05, 0) is 110 Å². The van der Waals surface area contributed by atoms with Gasteiger partial charge in [0, 0.05) is 0 Å². The molecule has 4 fully saturated rings. The molecule has 4 saturated carbocycles. The monoisotopic (exact) mass is 402 g/mol. The van der Waals surface area contributed by atoms with E-state index in [4.69, 9.17) is 0 Å². The number of hydrogen-bond donors (Lipinski definition) is 1. The highest BCUT2D eigenvalue weighted by Crippen LogP contribution is 2.68. The predicted molar refractivity (Wildman–Crippen MR) is 124 cm³/mol. The fourth-order valence-electron chi connectivity index (χ4n) is 9.73. The van der Waals surface area contributed by atoms with Crippen molar-refractivity contribution in [1.82, 2.24) is 0 Å². The van der Waals surface area contributed by atoms with Crippen LogP contribution < -0.4 is 0 Å². The van der Waals surface area contributed by atoms with Gasteiger partial charge in [-0.15, -0.1) is 0 Å². The summed E-state index contributed by atoms with van der Waals surface area (Å²) in [4.78, 5) is 0. The third-order valence-corrected chi connectivity index (χ3v) is 11.4. The standard InChI is InChI=1S/C28H50O/c1-18(2)8-7-9-19(3)22-12-13-24-21-10-11-23-20(4)26(29)15-17-28(23,6)25(21)14-16-27(22,24)5/h18-26,29H,7-17H2,1-6H3/t19-,20-,21-,22-,23+,24+,25-,26-,27+,28-/m0/s1. The van der Waals surface area contributed by atoms with E-state index in [1.165, 1.54) is 64.2 Å². The van der Waals surface area contributed by atoms with Crippen LogP contribution in [0, 0.1) is 58.2 Å². The molecule has 4 aliphatic rings. The maximum Gasteiger partial charge on any atom is 0.0568 e. The summed E-state index contributed by atoms with van der Waals surface area (Å²) in [5.41, 5.74) is 1.12. The lowest BCUT2D eigenvalue weighted by atomic mass is 9.43.